The molecular weight excluding hydrogens is 298 g/mol. The van der Waals surface area contributed by atoms with Crippen LogP contribution in [0.4, 0.5) is 0 Å². The van der Waals surface area contributed by atoms with Gasteiger partial charge in [-0.05, 0) is 19.1 Å². The topological polar surface area (TPSA) is 97.2 Å². The minimum Gasteiger partial charge on any atom is -0.491 e. The Labute approximate surface area is 132 Å². The summed E-state index contributed by atoms with van der Waals surface area (Å²) in [6.07, 6.45) is 0.174. The van der Waals surface area contributed by atoms with Crippen molar-refractivity contribution in [2.45, 2.75) is 26.1 Å². The third-order valence-corrected chi connectivity index (χ3v) is 3.28. The lowest BCUT2D eigenvalue weighted by Gasteiger charge is -2.14. The molecule has 1 aromatic heterocycles. The van der Waals surface area contributed by atoms with Crippen LogP contribution in [-0.4, -0.2) is 27.0 Å². The molecular formula is C16H17N3O4. The Morgan fingerprint density at radius 2 is 2.00 bits per heavy atom. The van der Waals surface area contributed by atoms with Crippen molar-refractivity contribution in [2.24, 2.45) is 0 Å². The van der Waals surface area contributed by atoms with Crippen LogP contribution >= 0.6 is 0 Å². The zero-order valence-corrected chi connectivity index (χ0v) is 12.7. The van der Waals surface area contributed by atoms with Gasteiger partial charge in [0.2, 0.25) is 0 Å². The molecule has 23 heavy (non-hydrogen) atoms. The molecule has 0 amide bonds. The number of nitriles is 1. The summed E-state index contributed by atoms with van der Waals surface area (Å²) in [7, 11) is 0. The van der Waals surface area contributed by atoms with Gasteiger partial charge < -0.3 is 9.84 Å². The number of hydrogen-bond donors (Lipinski definition) is 1. The lowest BCUT2D eigenvalue weighted by molar-refractivity contribution is 0.0899. The molecule has 1 atom stereocenters. The normalized spacial score (nSPS) is 11.7. The summed E-state index contributed by atoms with van der Waals surface area (Å²) in [6, 6.07) is 10.7. The van der Waals surface area contributed by atoms with E-state index >= 15 is 0 Å². The maximum absolute atomic E-state index is 12.2. The predicted molar refractivity (Wildman–Crippen MR) is 83.3 cm³/mol. The monoisotopic (exact) mass is 315 g/mol. The summed E-state index contributed by atoms with van der Waals surface area (Å²) in [5, 5.41) is 19.0. The molecule has 7 heteroatoms. The van der Waals surface area contributed by atoms with E-state index in [2.05, 4.69) is 0 Å². The van der Waals surface area contributed by atoms with E-state index in [1.807, 2.05) is 6.07 Å². The standard InChI is InChI=1S/C16H17N3O4/c1-2-18-9-12(8-17)15(21)19(16(18)22)10-13(20)11-23-14-6-4-3-5-7-14/h3-7,9,13,20H,2,10-11H2,1H3/t13-/m1/s1. The SMILES string of the molecule is CCn1cc(C#N)c(=O)n(C[C@@H](O)COc2ccccc2)c1=O. The Morgan fingerprint density at radius 1 is 1.30 bits per heavy atom. The highest BCUT2D eigenvalue weighted by Crippen LogP contribution is 2.08. The van der Waals surface area contributed by atoms with Gasteiger partial charge >= 0.3 is 5.69 Å². The molecule has 0 aliphatic rings. The minimum absolute atomic E-state index is 0.0706. The van der Waals surface area contributed by atoms with Crippen LogP contribution in [0.1, 0.15) is 12.5 Å². The quantitative estimate of drug-likeness (QED) is 0.829. The summed E-state index contributed by atoms with van der Waals surface area (Å²) >= 11 is 0. The Morgan fingerprint density at radius 3 is 2.61 bits per heavy atom. The molecule has 1 aromatic carbocycles. The van der Waals surface area contributed by atoms with Crippen molar-refractivity contribution in [3.05, 3.63) is 62.9 Å². The highest BCUT2D eigenvalue weighted by Gasteiger charge is 2.14. The molecule has 0 saturated heterocycles. The highest BCUT2D eigenvalue weighted by atomic mass is 16.5. The van der Waals surface area contributed by atoms with Gasteiger partial charge in [-0.3, -0.25) is 13.9 Å². The van der Waals surface area contributed by atoms with Gasteiger partial charge in [0.05, 0.1) is 6.54 Å². The van der Waals surface area contributed by atoms with Gasteiger partial charge in [0.15, 0.2) is 0 Å². The summed E-state index contributed by atoms with van der Waals surface area (Å²) < 4.78 is 7.51. The molecule has 120 valence electrons. The van der Waals surface area contributed by atoms with Crippen molar-refractivity contribution in [1.82, 2.24) is 9.13 Å². The largest absolute Gasteiger partial charge is 0.491 e. The fourth-order valence-electron chi connectivity index (χ4n) is 2.09. The Bertz CT molecular complexity index is 818. The average molecular weight is 315 g/mol. The number of benzene rings is 1. The number of aliphatic hydroxyl groups excluding tert-OH is 1. The van der Waals surface area contributed by atoms with Crippen molar-refractivity contribution in [3.63, 3.8) is 0 Å². The van der Waals surface area contributed by atoms with E-state index < -0.39 is 17.4 Å². The molecule has 2 rings (SSSR count). The number of nitrogens with zero attached hydrogens (tertiary/aromatic N) is 3. The van der Waals surface area contributed by atoms with Crippen molar-refractivity contribution in [3.8, 4) is 11.8 Å². The number of aliphatic hydroxyl groups is 1. The zero-order chi connectivity index (χ0) is 16.8. The second kappa shape index (κ2) is 7.42. The van der Waals surface area contributed by atoms with E-state index in [0.717, 1.165) is 4.57 Å². The molecule has 0 fully saturated rings. The lowest BCUT2D eigenvalue weighted by atomic mass is 10.3. The van der Waals surface area contributed by atoms with Crippen molar-refractivity contribution >= 4 is 0 Å². The van der Waals surface area contributed by atoms with Gasteiger partial charge in [0.25, 0.3) is 5.56 Å². The molecule has 0 saturated carbocycles. The number of hydrogen-bond acceptors (Lipinski definition) is 5. The molecule has 0 unspecified atom stereocenters. The highest BCUT2D eigenvalue weighted by molar-refractivity contribution is 5.22. The van der Waals surface area contributed by atoms with E-state index in [0.29, 0.717) is 12.3 Å². The third-order valence-electron chi connectivity index (χ3n) is 3.28. The van der Waals surface area contributed by atoms with E-state index in [1.54, 1.807) is 37.3 Å². The van der Waals surface area contributed by atoms with Gasteiger partial charge in [0, 0.05) is 12.7 Å². The zero-order valence-electron chi connectivity index (χ0n) is 12.7. The molecule has 0 bridgehead atoms. The molecule has 0 spiro atoms. The summed E-state index contributed by atoms with van der Waals surface area (Å²) in [5.74, 6) is 0.579. The molecule has 0 aliphatic carbocycles. The van der Waals surface area contributed by atoms with Gasteiger partial charge in [-0.2, -0.15) is 5.26 Å². The second-order valence-corrected chi connectivity index (χ2v) is 4.92. The first-order valence-corrected chi connectivity index (χ1v) is 7.17. The van der Waals surface area contributed by atoms with E-state index in [9.17, 15) is 14.7 Å². The first-order chi connectivity index (χ1) is 11.1. The molecule has 0 aliphatic heterocycles. The van der Waals surface area contributed by atoms with Crippen molar-refractivity contribution in [2.75, 3.05) is 6.61 Å². The van der Waals surface area contributed by atoms with Crippen LogP contribution in [-0.2, 0) is 13.1 Å². The number of aromatic nitrogens is 2. The second-order valence-electron chi connectivity index (χ2n) is 4.92. The molecule has 2 aromatic rings. The maximum Gasteiger partial charge on any atom is 0.331 e. The van der Waals surface area contributed by atoms with E-state index in [1.165, 1.54) is 10.8 Å². The molecule has 1 N–H and O–H groups in total. The fraction of sp³-hybridized carbons (Fsp3) is 0.312. The molecule has 0 radical (unpaired) electrons. The minimum atomic E-state index is -1.06. The molecule has 7 nitrogen and oxygen atoms in total. The smallest absolute Gasteiger partial charge is 0.331 e. The summed E-state index contributed by atoms with van der Waals surface area (Å²) in [5.41, 5.74) is -1.40. The fourth-order valence-corrected chi connectivity index (χ4v) is 2.09. The van der Waals surface area contributed by atoms with Crippen molar-refractivity contribution < 1.29 is 9.84 Å². The Hall–Kier alpha value is -2.85. The van der Waals surface area contributed by atoms with Gasteiger partial charge in [-0.1, -0.05) is 18.2 Å². The maximum atomic E-state index is 12.2. The van der Waals surface area contributed by atoms with Crippen LogP contribution < -0.4 is 16.0 Å². The van der Waals surface area contributed by atoms with Gasteiger partial charge in [-0.15, -0.1) is 0 Å². The van der Waals surface area contributed by atoms with E-state index in [-0.39, 0.29) is 18.7 Å². The summed E-state index contributed by atoms with van der Waals surface area (Å²) in [4.78, 5) is 24.2. The number of aryl methyl sites for hydroxylation is 1. The molecule has 1 heterocycles. The number of ether oxygens (including phenoxy) is 1. The number of rotatable bonds is 6. The van der Waals surface area contributed by atoms with Crippen LogP contribution in [0, 0.1) is 11.3 Å². The Balaban J connectivity index is 2.17. The average Bonchev–Trinajstić information content (AvgIpc) is 2.58. The first-order valence-electron chi connectivity index (χ1n) is 7.17. The van der Waals surface area contributed by atoms with Crippen molar-refractivity contribution in [1.29, 1.82) is 5.26 Å². The van der Waals surface area contributed by atoms with Gasteiger partial charge in [0.1, 0.15) is 30.1 Å². The van der Waals surface area contributed by atoms with Crippen LogP contribution in [0.5, 0.6) is 5.75 Å². The van der Waals surface area contributed by atoms with E-state index in [4.69, 9.17) is 10.00 Å². The van der Waals surface area contributed by atoms with Crippen LogP contribution in [0.3, 0.4) is 0 Å². The Kier molecular flexibility index (Phi) is 5.33. The lowest BCUT2D eigenvalue weighted by Crippen LogP contribution is -2.44. The number of para-hydroxylation sites is 1. The third kappa shape index (κ3) is 3.87. The first kappa shape index (κ1) is 16.5. The summed E-state index contributed by atoms with van der Waals surface area (Å²) in [6.45, 7) is 1.75. The van der Waals surface area contributed by atoms with Crippen LogP contribution in [0.25, 0.3) is 0 Å². The van der Waals surface area contributed by atoms with Crippen LogP contribution in [0.15, 0.2) is 46.1 Å². The van der Waals surface area contributed by atoms with Gasteiger partial charge in [-0.25, -0.2) is 4.79 Å². The predicted octanol–water partition coefficient (Wildman–Crippen LogP) is 0.341. The van der Waals surface area contributed by atoms with Crippen LogP contribution in [0.2, 0.25) is 0 Å².